The van der Waals surface area contributed by atoms with Crippen LogP contribution in [0, 0.1) is 0 Å². The number of hydrogen-bond donors (Lipinski definition) is 1. The molecule has 0 atom stereocenters. The molecule has 0 radical (unpaired) electrons. The highest BCUT2D eigenvalue weighted by Gasteiger charge is 2.05. The van der Waals surface area contributed by atoms with Gasteiger partial charge in [-0.1, -0.05) is 11.6 Å². The fraction of sp³-hybridized carbons (Fsp3) is 0.143. The maximum atomic E-state index is 11.1. The van der Waals surface area contributed by atoms with Crippen molar-refractivity contribution in [2.75, 3.05) is 7.05 Å². The number of pyridine rings is 1. The SMILES string of the molecule is CNC(=O)c1cnc(Cl)c(Br)c1. The van der Waals surface area contributed by atoms with Gasteiger partial charge in [-0.2, -0.15) is 0 Å². The number of carbonyl (C=O) groups is 1. The molecule has 0 bridgehead atoms. The molecule has 0 aliphatic heterocycles. The van der Waals surface area contributed by atoms with Crippen LogP contribution in [0.25, 0.3) is 0 Å². The van der Waals surface area contributed by atoms with E-state index in [1.807, 2.05) is 0 Å². The summed E-state index contributed by atoms with van der Waals surface area (Å²) in [5, 5.41) is 2.83. The van der Waals surface area contributed by atoms with Gasteiger partial charge >= 0.3 is 0 Å². The van der Waals surface area contributed by atoms with Gasteiger partial charge in [0.1, 0.15) is 5.15 Å². The summed E-state index contributed by atoms with van der Waals surface area (Å²) < 4.78 is 0.616. The van der Waals surface area contributed by atoms with Gasteiger partial charge in [0.25, 0.3) is 5.91 Å². The van der Waals surface area contributed by atoms with Crippen LogP contribution in [0.15, 0.2) is 16.7 Å². The Labute approximate surface area is 83.3 Å². The Bertz CT molecular complexity index is 316. The fourth-order valence-electron chi connectivity index (χ4n) is 0.690. The molecule has 0 aliphatic carbocycles. The minimum atomic E-state index is -0.181. The average molecular weight is 249 g/mol. The molecule has 3 nitrogen and oxygen atoms in total. The highest BCUT2D eigenvalue weighted by atomic mass is 79.9. The number of nitrogens with zero attached hydrogens (tertiary/aromatic N) is 1. The van der Waals surface area contributed by atoms with E-state index in [2.05, 4.69) is 26.2 Å². The predicted molar refractivity (Wildman–Crippen MR) is 50.3 cm³/mol. The van der Waals surface area contributed by atoms with E-state index in [9.17, 15) is 4.79 Å². The van der Waals surface area contributed by atoms with Gasteiger partial charge in [-0.3, -0.25) is 4.79 Å². The molecule has 0 saturated carbocycles. The van der Waals surface area contributed by atoms with E-state index in [0.29, 0.717) is 15.2 Å². The Morgan fingerprint density at radius 3 is 2.92 bits per heavy atom. The molecule has 1 aromatic rings. The number of nitrogens with one attached hydrogen (secondary N) is 1. The van der Waals surface area contributed by atoms with Crippen LogP contribution in [-0.4, -0.2) is 17.9 Å². The molecule has 1 amide bonds. The van der Waals surface area contributed by atoms with Crippen LogP contribution < -0.4 is 5.32 Å². The first-order chi connectivity index (χ1) is 5.65. The zero-order valence-corrected chi connectivity index (χ0v) is 8.61. The Kier molecular flexibility index (Phi) is 3.05. The van der Waals surface area contributed by atoms with E-state index in [1.165, 1.54) is 6.20 Å². The lowest BCUT2D eigenvalue weighted by Crippen LogP contribution is -2.17. The first kappa shape index (κ1) is 9.48. The highest BCUT2D eigenvalue weighted by molar-refractivity contribution is 9.10. The highest BCUT2D eigenvalue weighted by Crippen LogP contribution is 2.20. The van der Waals surface area contributed by atoms with E-state index in [0.717, 1.165) is 0 Å². The average Bonchev–Trinajstić information content (AvgIpc) is 2.08. The summed E-state index contributed by atoms with van der Waals surface area (Å²) in [5.41, 5.74) is 0.480. The lowest BCUT2D eigenvalue weighted by Gasteiger charge is -1.99. The Hall–Kier alpha value is -0.610. The topological polar surface area (TPSA) is 42.0 Å². The molecule has 0 fully saturated rings. The molecule has 1 rings (SSSR count). The van der Waals surface area contributed by atoms with Gasteiger partial charge in [-0.25, -0.2) is 4.98 Å². The van der Waals surface area contributed by atoms with Crippen molar-refractivity contribution in [1.82, 2.24) is 10.3 Å². The zero-order chi connectivity index (χ0) is 9.14. The molecule has 5 heteroatoms. The van der Waals surface area contributed by atoms with Crippen molar-refractivity contribution in [2.45, 2.75) is 0 Å². The van der Waals surface area contributed by atoms with Gasteiger partial charge < -0.3 is 5.32 Å². The van der Waals surface area contributed by atoms with Gasteiger partial charge in [-0.05, 0) is 22.0 Å². The van der Waals surface area contributed by atoms with Crippen LogP contribution >= 0.6 is 27.5 Å². The fourth-order valence-corrected chi connectivity index (χ4v) is 1.14. The predicted octanol–water partition coefficient (Wildman–Crippen LogP) is 1.86. The summed E-state index contributed by atoms with van der Waals surface area (Å²) >= 11 is 8.81. The van der Waals surface area contributed by atoms with Crippen LogP contribution in [0.4, 0.5) is 0 Å². The first-order valence-corrected chi connectivity index (χ1v) is 4.35. The number of rotatable bonds is 1. The monoisotopic (exact) mass is 248 g/mol. The lowest BCUT2D eigenvalue weighted by molar-refractivity contribution is 0.0962. The van der Waals surface area contributed by atoms with E-state index < -0.39 is 0 Å². The first-order valence-electron chi connectivity index (χ1n) is 3.18. The number of halogens is 2. The molecule has 1 aromatic heterocycles. The Morgan fingerprint density at radius 1 is 1.75 bits per heavy atom. The Balaban J connectivity index is 3.05. The molecule has 1 heterocycles. The summed E-state index contributed by atoms with van der Waals surface area (Å²) in [5.74, 6) is -0.181. The zero-order valence-electron chi connectivity index (χ0n) is 6.27. The van der Waals surface area contributed by atoms with Gasteiger partial charge in [0, 0.05) is 13.2 Å². The van der Waals surface area contributed by atoms with Gasteiger partial charge in [0.05, 0.1) is 10.0 Å². The molecule has 12 heavy (non-hydrogen) atoms. The second kappa shape index (κ2) is 3.87. The molecular weight excluding hydrogens is 243 g/mol. The van der Waals surface area contributed by atoms with Crippen molar-refractivity contribution >= 4 is 33.4 Å². The van der Waals surface area contributed by atoms with E-state index >= 15 is 0 Å². The van der Waals surface area contributed by atoms with Gasteiger partial charge in [-0.15, -0.1) is 0 Å². The largest absolute Gasteiger partial charge is 0.355 e. The standard InChI is InChI=1S/C7H6BrClN2O/c1-10-7(12)4-2-5(8)6(9)11-3-4/h2-3H,1H3,(H,10,12). The summed E-state index contributed by atoms with van der Waals surface area (Å²) in [6.45, 7) is 0. The van der Waals surface area contributed by atoms with Crippen molar-refractivity contribution in [3.8, 4) is 0 Å². The minimum absolute atomic E-state index is 0.181. The number of hydrogen-bond acceptors (Lipinski definition) is 2. The number of amides is 1. The molecule has 0 spiro atoms. The molecule has 0 aromatic carbocycles. The molecule has 1 N–H and O–H groups in total. The van der Waals surface area contributed by atoms with E-state index in [4.69, 9.17) is 11.6 Å². The lowest BCUT2D eigenvalue weighted by atomic mass is 10.3. The van der Waals surface area contributed by atoms with E-state index in [-0.39, 0.29) is 5.91 Å². The Morgan fingerprint density at radius 2 is 2.42 bits per heavy atom. The number of aromatic nitrogens is 1. The van der Waals surface area contributed by atoms with Crippen LogP contribution in [0.1, 0.15) is 10.4 Å². The second-order valence-electron chi connectivity index (χ2n) is 2.08. The third-order valence-corrected chi connectivity index (χ3v) is 2.42. The normalized spacial score (nSPS) is 9.58. The summed E-state index contributed by atoms with van der Waals surface area (Å²) in [7, 11) is 1.56. The third-order valence-electron chi connectivity index (χ3n) is 1.29. The molecule has 0 saturated heterocycles. The maximum Gasteiger partial charge on any atom is 0.252 e. The maximum absolute atomic E-state index is 11.1. The summed E-state index contributed by atoms with van der Waals surface area (Å²) in [6, 6.07) is 1.62. The molecular formula is C7H6BrClN2O. The van der Waals surface area contributed by atoms with Gasteiger partial charge in [0.15, 0.2) is 0 Å². The van der Waals surface area contributed by atoms with Crippen molar-refractivity contribution in [3.05, 3.63) is 27.5 Å². The summed E-state index contributed by atoms with van der Waals surface area (Å²) in [4.78, 5) is 14.9. The van der Waals surface area contributed by atoms with Gasteiger partial charge in [0.2, 0.25) is 0 Å². The third kappa shape index (κ3) is 1.95. The van der Waals surface area contributed by atoms with Crippen molar-refractivity contribution in [1.29, 1.82) is 0 Å². The molecule has 64 valence electrons. The molecule has 0 unspecified atom stereocenters. The second-order valence-corrected chi connectivity index (χ2v) is 3.29. The van der Waals surface area contributed by atoms with Crippen LogP contribution in [-0.2, 0) is 0 Å². The van der Waals surface area contributed by atoms with Crippen molar-refractivity contribution < 1.29 is 4.79 Å². The van der Waals surface area contributed by atoms with Crippen LogP contribution in [0.5, 0.6) is 0 Å². The number of carbonyl (C=O) groups excluding carboxylic acids is 1. The van der Waals surface area contributed by atoms with Crippen LogP contribution in [0.2, 0.25) is 5.15 Å². The summed E-state index contributed by atoms with van der Waals surface area (Å²) in [6.07, 6.45) is 1.42. The minimum Gasteiger partial charge on any atom is -0.355 e. The van der Waals surface area contributed by atoms with Crippen molar-refractivity contribution in [3.63, 3.8) is 0 Å². The van der Waals surface area contributed by atoms with Crippen molar-refractivity contribution in [2.24, 2.45) is 0 Å². The quantitative estimate of drug-likeness (QED) is 0.772. The molecule has 0 aliphatic rings. The van der Waals surface area contributed by atoms with E-state index in [1.54, 1.807) is 13.1 Å². The van der Waals surface area contributed by atoms with Crippen LogP contribution in [0.3, 0.4) is 0 Å². The smallest absolute Gasteiger partial charge is 0.252 e.